The Bertz CT molecular complexity index is 640. The van der Waals surface area contributed by atoms with Crippen molar-refractivity contribution in [2.24, 2.45) is 5.92 Å². The molecule has 3 heterocycles. The summed E-state index contributed by atoms with van der Waals surface area (Å²) in [6.45, 7) is 1.73. The van der Waals surface area contributed by atoms with Crippen LogP contribution in [0.25, 0.3) is 0 Å². The van der Waals surface area contributed by atoms with E-state index in [1.54, 1.807) is 4.90 Å². The summed E-state index contributed by atoms with van der Waals surface area (Å²) in [5.41, 5.74) is 0. The highest BCUT2D eigenvalue weighted by Crippen LogP contribution is 2.26. The molecule has 0 spiro atoms. The van der Waals surface area contributed by atoms with Crippen LogP contribution in [0, 0.1) is 5.92 Å². The van der Waals surface area contributed by atoms with Crippen LogP contribution in [-0.2, 0) is 22.3 Å². The van der Waals surface area contributed by atoms with E-state index >= 15 is 0 Å². The van der Waals surface area contributed by atoms with Crippen LogP contribution < -0.4 is 5.32 Å². The molecule has 1 aromatic rings. The van der Waals surface area contributed by atoms with Crippen molar-refractivity contribution in [2.45, 2.75) is 25.2 Å². The molecule has 0 saturated carbocycles. The molecule has 2 aliphatic rings. The third-order valence-electron chi connectivity index (χ3n) is 4.23. The lowest BCUT2D eigenvalue weighted by Gasteiger charge is -2.42. The van der Waals surface area contributed by atoms with Gasteiger partial charge in [0.2, 0.25) is 11.8 Å². The number of carbonyl (C=O) groups is 2. The Morgan fingerprint density at radius 1 is 1.38 bits per heavy atom. The van der Waals surface area contributed by atoms with Gasteiger partial charge >= 0.3 is 6.18 Å². The molecule has 24 heavy (non-hydrogen) atoms. The molecule has 0 aliphatic carbocycles. The van der Waals surface area contributed by atoms with Gasteiger partial charge in [0.05, 0.1) is 18.5 Å². The lowest BCUT2D eigenvalue weighted by molar-refractivity contribution is -0.144. The van der Waals surface area contributed by atoms with E-state index < -0.39 is 17.9 Å². The predicted molar refractivity (Wildman–Crippen MR) is 74.3 cm³/mol. The molecular weight excluding hydrogens is 329 g/mol. The normalized spacial score (nSPS) is 22.8. The summed E-state index contributed by atoms with van der Waals surface area (Å²) in [6, 6.07) is 0.143. The number of aromatic amines is 1. The monoisotopic (exact) mass is 346 g/mol. The second kappa shape index (κ2) is 6.04. The number of alkyl halides is 3. The highest BCUT2D eigenvalue weighted by Gasteiger charge is 2.41. The van der Waals surface area contributed by atoms with Crippen molar-refractivity contribution in [2.75, 3.05) is 26.7 Å². The Labute approximate surface area is 135 Å². The van der Waals surface area contributed by atoms with Crippen molar-refractivity contribution < 1.29 is 22.8 Å². The Hall–Kier alpha value is -2.17. The summed E-state index contributed by atoms with van der Waals surface area (Å²) < 4.78 is 37.2. The number of nitrogens with zero attached hydrogens (tertiary/aromatic N) is 4. The minimum atomic E-state index is -4.63. The number of carbonyl (C=O) groups excluding carboxylic acids is 2. The Morgan fingerprint density at radius 2 is 2.08 bits per heavy atom. The van der Waals surface area contributed by atoms with Gasteiger partial charge in [-0.05, 0) is 7.05 Å². The van der Waals surface area contributed by atoms with Gasteiger partial charge in [-0.2, -0.15) is 13.2 Å². The topological polar surface area (TPSA) is 94.2 Å². The fourth-order valence-corrected chi connectivity index (χ4v) is 2.94. The van der Waals surface area contributed by atoms with Gasteiger partial charge in [-0.15, -0.1) is 5.10 Å². The van der Waals surface area contributed by atoms with Gasteiger partial charge in [0, 0.05) is 26.1 Å². The van der Waals surface area contributed by atoms with Crippen LogP contribution in [0.5, 0.6) is 0 Å². The van der Waals surface area contributed by atoms with Crippen LogP contribution in [0.4, 0.5) is 13.2 Å². The number of H-pyrrole nitrogens is 1. The van der Waals surface area contributed by atoms with E-state index in [2.05, 4.69) is 25.4 Å². The van der Waals surface area contributed by atoms with Crippen LogP contribution in [-0.4, -0.2) is 69.5 Å². The summed E-state index contributed by atoms with van der Waals surface area (Å²) in [5.74, 6) is -2.29. The number of halogens is 3. The molecule has 2 fully saturated rings. The second-order valence-corrected chi connectivity index (χ2v) is 6.14. The van der Waals surface area contributed by atoms with Gasteiger partial charge in [-0.25, -0.2) is 4.98 Å². The maximum atomic E-state index is 12.4. The molecule has 2 amide bonds. The Kier molecular flexibility index (Phi) is 4.20. The number of likely N-dealkylation sites (tertiary alicyclic amines) is 2. The lowest BCUT2D eigenvalue weighted by Crippen LogP contribution is -2.58. The molecule has 1 atom stereocenters. The van der Waals surface area contributed by atoms with Crippen molar-refractivity contribution >= 4 is 11.8 Å². The van der Waals surface area contributed by atoms with Crippen molar-refractivity contribution in [3.63, 3.8) is 0 Å². The van der Waals surface area contributed by atoms with E-state index in [9.17, 15) is 22.8 Å². The average molecular weight is 346 g/mol. The summed E-state index contributed by atoms with van der Waals surface area (Å²) in [7, 11) is 1.95. The number of aromatic nitrogens is 3. The van der Waals surface area contributed by atoms with Crippen LogP contribution >= 0.6 is 0 Å². The molecule has 132 valence electrons. The first-order chi connectivity index (χ1) is 11.2. The first kappa shape index (κ1) is 16.7. The maximum absolute atomic E-state index is 12.4. The molecular formula is C13H17F3N6O2. The molecule has 2 saturated heterocycles. The third-order valence-corrected chi connectivity index (χ3v) is 4.23. The molecule has 0 bridgehead atoms. The molecule has 1 unspecified atom stereocenters. The molecule has 2 aliphatic heterocycles. The summed E-state index contributed by atoms with van der Waals surface area (Å²) in [4.78, 5) is 31.2. The zero-order valence-corrected chi connectivity index (χ0v) is 12.9. The first-order valence-corrected chi connectivity index (χ1v) is 7.48. The molecule has 11 heteroatoms. The summed E-state index contributed by atoms with van der Waals surface area (Å²) in [6.07, 6.45) is -4.51. The number of likely N-dealkylation sites (N-methyl/N-ethyl adjacent to an activating group) is 1. The van der Waals surface area contributed by atoms with Crippen molar-refractivity contribution in [1.82, 2.24) is 30.3 Å². The van der Waals surface area contributed by atoms with E-state index in [1.807, 2.05) is 7.05 Å². The molecule has 1 aromatic heterocycles. The minimum Gasteiger partial charge on any atom is -0.349 e. The first-order valence-electron chi connectivity index (χ1n) is 7.48. The fraction of sp³-hybridized carbons (Fsp3) is 0.692. The van der Waals surface area contributed by atoms with Gasteiger partial charge < -0.3 is 15.1 Å². The van der Waals surface area contributed by atoms with Gasteiger partial charge in [-0.1, -0.05) is 0 Å². The molecule has 0 radical (unpaired) electrons. The van der Waals surface area contributed by atoms with Crippen molar-refractivity contribution in [3.8, 4) is 0 Å². The number of nitrogens with one attached hydrogen (secondary N) is 2. The molecule has 0 aromatic carbocycles. The Morgan fingerprint density at radius 3 is 2.67 bits per heavy atom. The maximum Gasteiger partial charge on any atom is 0.453 e. The number of hydrogen-bond donors (Lipinski definition) is 2. The number of rotatable bonds is 4. The lowest BCUT2D eigenvalue weighted by atomic mass is 10.1. The highest BCUT2D eigenvalue weighted by molar-refractivity contribution is 5.89. The van der Waals surface area contributed by atoms with Gasteiger partial charge in [0.25, 0.3) is 5.82 Å². The van der Waals surface area contributed by atoms with Crippen LogP contribution in [0.3, 0.4) is 0 Å². The van der Waals surface area contributed by atoms with Crippen LogP contribution in [0.1, 0.15) is 18.1 Å². The average Bonchev–Trinajstić information content (AvgIpc) is 3.08. The standard InChI is InChI=1S/C13H17F3N6O2/c1-21-5-8(6-21)22-4-7(2-10(22)23)11(24)17-3-9-18-12(20-19-9)13(14,15)16/h7-8H,2-6H2,1H3,(H,17,24)(H,18,19,20). The molecule has 2 N–H and O–H groups in total. The minimum absolute atomic E-state index is 0.0627. The Balaban J connectivity index is 1.51. The van der Waals surface area contributed by atoms with Crippen LogP contribution in [0.15, 0.2) is 0 Å². The van der Waals surface area contributed by atoms with E-state index in [0.29, 0.717) is 6.54 Å². The quantitative estimate of drug-likeness (QED) is 0.774. The summed E-state index contributed by atoms with van der Waals surface area (Å²) >= 11 is 0. The molecule has 3 rings (SSSR count). The fourth-order valence-electron chi connectivity index (χ4n) is 2.94. The zero-order valence-electron chi connectivity index (χ0n) is 12.9. The van der Waals surface area contributed by atoms with Crippen LogP contribution in [0.2, 0.25) is 0 Å². The van der Waals surface area contributed by atoms with Gasteiger partial charge in [0.1, 0.15) is 5.82 Å². The van der Waals surface area contributed by atoms with Crippen molar-refractivity contribution in [3.05, 3.63) is 11.6 Å². The third kappa shape index (κ3) is 3.35. The SMILES string of the molecule is CN1CC(N2CC(C(=O)NCc3nc(C(F)(F)F)n[nH]3)CC2=O)C1. The summed E-state index contributed by atoms with van der Waals surface area (Å²) in [5, 5.41) is 7.70. The smallest absolute Gasteiger partial charge is 0.349 e. The van der Waals surface area contributed by atoms with Crippen molar-refractivity contribution in [1.29, 1.82) is 0 Å². The van der Waals surface area contributed by atoms with E-state index in [4.69, 9.17) is 0 Å². The van der Waals surface area contributed by atoms with E-state index in [0.717, 1.165) is 13.1 Å². The van der Waals surface area contributed by atoms with Gasteiger partial charge in [-0.3, -0.25) is 14.7 Å². The zero-order chi connectivity index (χ0) is 17.5. The van der Waals surface area contributed by atoms with E-state index in [1.165, 1.54) is 0 Å². The second-order valence-electron chi connectivity index (χ2n) is 6.14. The van der Waals surface area contributed by atoms with E-state index in [-0.39, 0.29) is 36.6 Å². The molecule has 8 nitrogen and oxygen atoms in total. The largest absolute Gasteiger partial charge is 0.453 e. The van der Waals surface area contributed by atoms with Gasteiger partial charge in [0.15, 0.2) is 0 Å². The number of amides is 2. The predicted octanol–water partition coefficient (Wildman–Crippen LogP) is -0.398. The number of hydrogen-bond acceptors (Lipinski definition) is 5. The highest BCUT2D eigenvalue weighted by atomic mass is 19.4.